The second-order valence-electron chi connectivity index (χ2n) is 4.53. The zero-order valence-electron chi connectivity index (χ0n) is 11.4. The quantitative estimate of drug-likeness (QED) is 0.511. The number of alkyl halides is 1. The topological polar surface area (TPSA) is 77.2 Å². The van der Waals surface area contributed by atoms with Gasteiger partial charge in [-0.2, -0.15) is 0 Å². The van der Waals surface area contributed by atoms with E-state index < -0.39 is 4.92 Å². The number of nitro groups is 1. The Labute approximate surface area is 130 Å². The Bertz CT molecular complexity index is 682. The lowest BCUT2D eigenvalue weighted by atomic mass is 10.1. The van der Waals surface area contributed by atoms with Crippen LogP contribution in [0.1, 0.15) is 21.6 Å². The maximum absolute atomic E-state index is 12.1. The molecule has 2 aromatic rings. The number of nitrogens with zero attached hydrogens (tertiary/aromatic N) is 2. The smallest absolute Gasteiger partial charge is 0.323 e. The van der Waals surface area contributed by atoms with Gasteiger partial charge in [0.05, 0.1) is 7.05 Å². The van der Waals surface area contributed by atoms with Gasteiger partial charge < -0.3 is 15.4 Å². The zero-order chi connectivity index (χ0) is 15.4. The Morgan fingerprint density at radius 2 is 2.05 bits per heavy atom. The van der Waals surface area contributed by atoms with Gasteiger partial charge in [-0.15, -0.1) is 0 Å². The number of carbonyl (C=O) groups excluding carboxylic acids is 1. The van der Waals surface area contributed by atoms with E-state index in [4.69, 9.17) is 0 Å². The molecule has 0 aliphatic rings. The fraction of sp³-hybridized carbons (Fsp3) is 0.214. The molecule has 0 atom stereocenters. The standard InChI is InChI=1S/C14H14BrN3O3/c1-17-12(5-6-13(17)18(20)21)14(19)16-9-11-4-2-3-10(7-11)8-15/h2-7H,8-9H2,1H3,(H,16,19). The van der Waals surface area contributed by atoms with E-state index in [9.17, 15) is 14.9 Å². The highest BCUT2D eigenvalue weighted by molar-refractivity contribution is 9.08. The van der Waals surface area contributed by atoms with Crippen LogP contribution >= 0.6 is 15.9 Å². The molecule has 6 nitrogen and oxygen atoms in total. The van der Waals surface area contributed by atoms with Gasteiger partial charge in [0.1, 0.15) is 0 Å². The maximum atomic E-state index is 12.1. The van der Waals surface area contributed by atoms with E-state index in [0.29, 0.717) is 6.54 Å². The summed E-state index contributed by atoms with van der Waals surface area (Å²) in [6, 6.07) is 10.6. The van der Waals surface area contributed by atoms with Crippen LogP contribution in [-0.4, -0.2) is 15.4 Å². The second kappa shape index (κ2) is 6.53. The summed E-state index contributed by atoms with van der Waals surface area (Å²) in [6.45, 7) is 0.374. The number of nitrogens with one attached hydrogen (secondary N) is 1. The van der Waals surface area contributed by atoms with Gasteiger partial charge >= 0.3 is 5.82 Å². The lowest BCUT2D eigenvalue weighted by Crippen LogP contribution is -2.25. The van der Waals surface area contributed by atoms with Crippen LogP contribution < -0.4 is 5.32 Å². The van der Waals surface area contributed by atoms with Crippen molar-refractivity contribution >= 4 is 27.7 Å². The van der Waals surface area contributed by atoms with Gasteiger partial charge in [-0.05, 0) is 22.1 Å². The summed E-state index contributed by atoms with van der Waals surface area (Å²) >= 11 is 3.38. The Morgan fingerprint density at radius 1 is 1.33 bits per heavy atom. The molecule has 0 unspecified atom stereocenters. The number of carbonyl (C=O) groups is 1. The third-order valence-electron chi connectivity index (χ3n) is 3.11. The highest BCUT2D eigenvalue weighted by Gasteiger charge is 2.20. The second-order valence-corrected chi connectivity index (χ2v) is 5.09. The first-order valence-electron chi connectivity index (χ1n) is 6.25. The van der Waals surface area contributed by atoms with Crippen molar-refractivity contribution < 1.29 is 9.72 Å². The van der Waals surface area contributed by atoms with E-state index in [1.165, 1.54) is 23.7 Å². The molecule has 1 N–H and O–H groups in total. The van der Waals surface area contributed by atoms with E-state index >= 15 is 0 Å². The Hall–Kier alpha value is -2.15. The molecule has 2 rings (SSSR count). The van der Waals surface area contributed by atoms with Crippen molar-refractivity contribution in [3.05, 3.63) is 63.3 Å². The van der Waals surface area contributed by atoms with E-state index in [2.05, 4.69) is 21.2 Å². The fourth-order valence-electron chi connectivity index (χ4n) is 2.01. The average Bonchev–Trinajstić information content (AvgIpc) is 2.87. The van der Waals surface area contributed by atoms with E-state index in [0.717, 1.165) is 16.5 Å². The van der Waals surface area contributed by atoms with Crippen molar-refractivity contribution in [1.29, 1.82) is 0 Å². The molecular weight excluding hydrogens is 338 g/mol. The lowest BCUT2D eigenvalue weighted by molar-refractivity contribution is -0.391. The zero-order valence-corrected chi connectivity index (χ0v) is 13.0. The van der Waals surface area contributed by atoms with Crippen molar-refractivity contribution in [3.63, 3.8) is 0 Å². The van der Waals surface area contributed by atoms with Gasteiger partial charge in [0.2, 0.25) is 0 Å². The molecule has 7 heteroatoms. The minimum Gasteiger partial charge on any atom is -0.358 e. The Morgan fingerprint density at radius 3 is 2.67 bits per heavy atom. The molecule has 1 aromatic heterocycles. The van der Waals surface area contributed by atoms with Crippen LogP contribution in [0.2, 0.25) is 0 Å². The van der Waals surface area contributed by atoms with Crippen LogP contribution in [0.25, 0.3) is 0 Å². The normalized spacial score (nSPS) is 10.4. The number of halogens is 1. The Balaban J connectivity index is 2.06. The van der Waals surface area contributed by atoms with Crippen LogP contribution in [0.4, 0.5) is 5.82 Å². The highest BCUT2D eigenvalue weighted by Crippen LogP contribution is 2.15. The van der Waals surface area contributed by atoms with E-state index in [1.54, 1.807) is 0 Å². The molecule has 0 spiro atoms. The van der Waals surface area contributed by atoms with Crippen LogP contribution in [0.5, 0.6) is 0 Å². The van der Waals surface area contributed by atoms with Gasteiger partial charge in [0.15, 0.2) is 5.69 Å². The van der Waals surface area contributed by atoms with Gasteiger partial charge in [0.25, 0.3) is 5.91 Å². The maximum Gasteiger partial charge on any atom is 0.323 e. The predicted molar refractivity (Wildman–Crippen MR) is 82.3 cm³/mol. The molecule has 1 heterocycles. The van der Waals surface area contributed by atoms with Crippen molar-refractivity contribution in [2.45, 2.75) is 11.9 Å². The molecule has 21 heavy (non-hydrogen) atoms. The van der Waals surface area contributed by atoms with Crippen molar-refractivity contribution in [2.75, 3.05) is 0 Å². The molecule has 110 valence electrons. The van der Waals surface area contributed by atoms with Crippen molar-refractivity contribution in [3.8, 4) is 0 Å². The molecule has 0 bridgehead atoms. The number of hydrogen-bond acceptors (Lipinski definition) is 3. The summed E-state index contributed by atoms with van der Waals surface area (Å²) in [6.07, 6.45) is 0. The molecular formula is C14H14BrN3O3. The highest BCUT2D eigenvalue weighted by atomic mass is 79.9. The number of aromatic nitrogens is 1. The summed E-state index contributed by atoms with van der Waals surface area (Å²) in [4.78, 5) is 22.3. The van der Waals surface area contributed by atoms with Gasteiger partial charge in [0, 0.05) is 17.9 Å². The minimum atomic E-state index is -0.518. The number of amides is 1. The van der Waals surface area contributed by atoms with Crippen LogP contribution in [0.15, 0.2) is 36.4 Å². The summed E-state index contributed by atoms with van der Waals surface area (Å²) in [5.74, 6) is -0.448. The SMILES string of the molecule is Cn1c(C(=O)NCc2cccc(CBr)c2)ccc1[N+](=O)[O-]. The molecule has 1 amide bonds. The van der Waals surface area contributed by atoms with E-state index in [-0.39, 0.29) is 17.4 Å². The van der Waals surface area contributed by atoms with Gasteiger partial charge in [-0.1, -0.05) is 40.2 Å². The largest absolute Gasteiger partial charge is 0.358 e. The average molecular weight is 352 g/mol. The number of rotatable bonds is 5. The monoisotopic (exact) mass is 351 g/mol. The number of hydrogen-bond donors (Lipinski definition) is 1. The molecule has 0 saturated heterocycles. The minimum absolute atomic E-state index is 0.110. The van der Waals surface area contributed by atoms with Gasteiger partial charge in [-0.3, -0.25) is 4.79 Å². The van der Waals surface area contributed by atoms with Crippen molar-refractivity contribution in [2.24, 2.45) is 7.05 Å². The number of benzene rings is 1. The molecule has 0 saturated carbocycles. The van der Waals surface area contributed by atoms with Crippen LogP contribution in [0, 0.1) is 10.1 Å². The summed E-state index contributed by atoms with van der Waals surface area (Å²) in [5, 5.41) is 14.3. The summed E-state index contributed by atoms with van der Waals surface area (Å²) < 4.78 is 1.27. The van der Waals surface area contributed by atoms with Gasteiger partial charge in [-0.25, -0.2) is 4.57 Å². The fourth-order valence-corrected chi connectivity index (χ4v) is 2.36. The lowest BCUT2D eigenvalue weighted by Gasteiger charge is -2.06. The first kappa shape index (κ1) is 15.2. The summed E-state index contributed by atoms with van der Waals surface area (Å²) in [7, 11) is 1.50. The summed E-state index contributed by atoms with van der Waals surface area (Å²) in [5.41, 5.74) is 2.36. The predicted octanol–water partition coefficient (Wildman–Crippen LogP) is 2.76. The molecule has 0 fully saturated rings. The first-order chi connectivity index (χ1) is 10.0. The van der Waals surface area contributed by atoms with E-state index in [1.807, 2.05) is 24.3 Å². The van der Waals surface area contributed by atoms with Crippen LogP contribution in [0.3, 0.4) is 0 Å². The molecule has 0 aliphatic heterocycles. The first-order valence-corrected chi connectivity index (χ1v) is 7.37. The molecule has 0 aliphatic carbocycles. The third kappa shape index (κ3) is 3.49. The van der Waals surface area contributed by atoms with Crippen molar-refractivity contribution in [1.82, 2.24) is 9.88 Å². The molecule has 0 radical (unpaired) electrons. The molecule has 1 aromatic carbocycles. The third-order valence-corrected chi connectivity index (χ3v) is 3.76. The van der Waals surface area contributed by atoms with Crippen LogP contribution in [-0.2, 0) is 18.9 Å². The Kier molecular flexibility index (Phi) is 4.74.